The maximum Gasteiger partial charge on any atom is 0.312 e. The predicted molar refractivity (Wildman–Crippen MR) is 102 cm³/mol. The minimum atomic E-state index is -0.583. The van der Waals surface area contributed by atoms with E-state index in [0.29, 0.717) is 5.92 Å². The lowest BCUT2D eigenvalue weighted by Crippen LogP contribution is -2.44. The van der Waals surface area contributed by atoms with Gasteiger partial charge in [0, 0.05) is 0 Å². The highest BCUT2D eigenvalue weighted by Gasteiger charge is 2.48. The molecule has 2 aliphatic carbocycles. The van der Waals surface area contributed by atoms with E-state index in [4.69, 9.17) is 9.47 Å². The van der Waals surface area contributed by atoms with Crippen molar-refractivity contribution in [3.63, 3.8) is 0 Å². The molecule has 2 rings (SSSR count). The molecule has 0 spiro atoms. The number of carbonyl (C=O) groups excluding carboxylic acids is 2. The monoisotopic (exact) mass is 366 g/mol. The van der Waals surface area contributed by atoms with Crippen molar-refractivity contribution in [2.75, 3.05) is 13.2 Å². The zero-order valence-electron chi connectivity index (χ0n) is 17.8. The van der Waals surface area contributed by atoms with Crippen molar-refractivity contribution in [3.05, 3.63) is 0 Å². The van der Waals surface area contributed by atoms with E-state index >= 15 is 0 Å². The summed E-state index contributed by atoms with van der Waals surface area (Å²) in [7, 11) is 0. The first-order chi connectivity index (χ1) is 11.8. The fraction of sp³-hybridized carbons (Fsp3) is 0.909. The van der Waals surface area contributed by atoms with Gasteiger partial charge in [-0.2, -0.15) is 0 Å². The van der Waals surface area contributed by atoms with Gasteiger partial charge in [-0.25, -0.2) is 0 Å². The van der Waals surface area contributed by atoms with Crippen molar-refractivity contribution in [2.45, 2.75) is 80.6 Å². The van der Waals surface area contributed by atoms with E-state index in [-0.39, 0.29) is 41.9 Å². The first kappa shape index (κ1) is 21.2. The number of hydrogen-bond donors (Lipinski definition) is 0. The van der Waals surface area contributed by atoms with Gasteiger partial charge in [0.05, 0.1) is 11.3 Å². The van der Waals surface area contributed by atoms with Crippen molar-refractivity contribution in [2.24, 2.45) is 34.0 Å². The van der Waals surface area contributed by atoms with Crippen molar-refractivity contribution >= 4 is 11.9 Å². The Morgan fingerprint density at radius 3 is 1.96 bits per heavy atom. The van der Waals surface area contributed by atoms with Gasteiger partial charge in [-0.1, -0.05) is 48.0 Å². The Labute approximate surface area is 159 Å². The number of esters is 2. The van der Waals surface area contributed by atoms with Crippen LogP contribution in [0.2, 0.25) is 0 Å². The Balaban J connectivity index is 1.81. The molecule has 0 saturated heterocycles. The van der Waals surface area contributed by atoms with Gasteiger partial charge in [-0.15, -0.1) is 0 Å². The van der Waals surface area contributed by atoms with Crippen LogP contribution in [0.15, 0.2) is 0 Å². The topological polar surface area (TPSA) is 52.6 Å². The molecule has 150 valence electrons. The van der Waals surface area contributed by atoms with Gasteiger partial charge < -0.3 is 9.47 Å². The molecule has 4 nitrogen and oxygen atoms in total. The molecule has 4 heteroatoms. The van der Waals surface area contributed by atoms with Crippen LogP contribution in [0.5, 0.6) is 0 Å². The van der Waals surface area contributed by atoms with E-state index in [1.54, 1.807) is 0 Å². The lowest BCUT2D eigenvalue weighted by Gasteiger charge is -2.43. The van der Waals surface area contributed by atoms with Gasteiger partial charge >= 0.3 is 11.9 Å². The molecule has 0 amide bonds. The molecule has 0 heterocycles. The molecule has 0 aromatic heterocycles. The summed E-state index contributed by atoms with van der Waals surface area (Å²) in [6, 6.07) is 0. The maximum absolute atomic E-state index is 12.8. The average Bonchev–Trinajstić information content (AvgIpc) is 3.11. The van der Waals surface area contributed by atoms with E-state index < -0.39 is 5.41 Å². The minimum absolute atomic E-state index is 0.0231. The predicted octanol–water partition coefficient (Wildman–Crippen LogP) is 5.00. The molecule has 2 fully saturated rings. The number of rotatable bonds is 6. The first-order valence-electron chi connectivity index (χ1n) is 10.2. The summed E-state index contributed by atoms with van der Waals surface area (Å²) in [5, 5.41) is 0. The molecule has 2 bridgehead atoms. The highest BCUT2D eigenvalue weighted by molar-refractivity contribution is 5.77. The molecule has 0 aromatic rings. The van der Waals surface area contributed by atoms with Gasteiger partial charge in [-0.3, -0.25) is 9.59 Å². The summed E-state index contributed by atoms with van der Waals surface area (Å²) in [4.78, 5) is 25.1. The fourth-order valence-electron chi connectivity index (χ4n) is 4.78. The zero-order chi connectivity index (χ0) is 19.8. The second-order valence-corrected chi connectivity index (χ2v) is 10.9. The summed E-state index contributed by atoms with van der Waals surface area (Å²) in [5.74, 6) is 1.02. The van der Waals surface area contributed by atoms with E-state index in [1.165, 1.54) is 12.8 Å². The van der Waals surface area contributed by atoms with Gasteiger partial charge in [0.1, 0.15) is 13.2 Å². The largest absolute Gasteiger partial charge is 0.462 e. The molecule has 4 atom stereocenters. The van der Waals surface area contributed by atoms with Crippen LogP contribution in [0.1, 0.15) is 80.6 Å². The van der Waals surface area contributed by atoms with Gasteiger partial charge in [0.15, 0.2) is 0 Å². The molecule has 2 saturated carbocycles. The van der Waals surface area contributed by atoms with Gasteiger partial charge in [0.25, 0.3) is 0 Å². The smallest absolute Gasteiger partial charge is 0.312 e. The molecule has 0 N–H and O–H groups in total. The third-order valence-electron chi connectivity index (χ3n) is 6.59. The van der Waals surface area contributed by atoms with Crippen LogP contribution in [0.3, 0.4) is 0 Å². The Hall–Kier alpha value is -1.06. The van der Waals surface area contributed by atoms with E-state index in [0.717, 1.165) is 25.2 Å². The minimum Gasteiger partial charge on any atom is -0.462 e. The van der Waals surface area contributed by atoms with Crippen molar-refractivity contribution in [1.29, 1.82) is 0 Å². The van der Waals surface area contributed by atoms with Crippen LogP contribution >= 0.6 is 0 Å². The van der Waals surface area contributed by atoms with Crippen LogP contribution in [0.25, 0.3) is 0 Å². The Kier molecular flexibility index (Phi) is 6.14. The molecule has 0 radical (unpaired) electrons. The zero-order valence-corrected chi connectivity index (χ0v) is 17.8. The Bertz CT molecular complexity index is 525. The number of fused-ring (bicyclic) bond motifs is 2. The number of hydrogen-bond acceptors (Lipinski definition) is 4. The van der Waals surface area contributed by atoms with E-state index in [2.05, 4.69) is 41.5 Å². The molecule has 26 heavy (non-hydrogen) atoms. The fourth-order valence-corrected chi connectivity index (χ4v) is 4.78. The second-order valence-electron chi connectivity index (χ2n) is 10.9. The highest BCUT2D eigenvalue weighted by atomic mass is 16.6. The van der Waals surface area contributed by atoms with Crippen molar-refractivity contribution in [3.8, 4) is 0 Å². The van der Waals surface area contributed by atoms with Gasteiger partial charge in [-0.05, 0) is 55.3 Å². The quantitative estimate of drug-likeness (QED) is 0.490. The summed E-state index contributed by atoms with van der Waals surface area (Å²) in [5.41, 5.74) is -0.772. The SMILES string of the molecule is CC(C)(C)CC(C)(C(=O)OCCOC(=O)C1CC2CCC1C2)C(C)(C)C. The number of ether oxygens (including phenoxy) is 2. The van der Waals surface area contributed by atoms with Gasteiger partial charge in [0.2, 0.25) is 0 Å². The standard InChI is InChI=1S/C22H38O4/c1-20(2,3)14-22(7,21(4,5)6)19(24)26-11-10-25-18(23)17-13-15-8-9-16(17)12-15/h15-17H,8-14H2,1-7H3. The second kappa shape index (κ2) is 7.52. The number of carbonyl (C=O) groups is 2. The van der Waals surface area contributed by atoms with E-state index in [1.807, 2.05) is 6.92 Å². The van der Waals surface area contributed by atoms with Crippen molar-refractivity contribution in [1.82, 2.24) is 0 Å². The third kappa shape index (κ3) is 4.80. The van der Waals surface area contributed by atoms with Crippen LogP contribution in [-0.4, -0.2) is 25.2 Å². The maximum atomic E-state index is 12.8. The summed E-state index contributed by atoms with van der Waals surface area (Å²) < 4.78 is 11.0. The van der Waals surface area contributed by atoms with Crippen LogP contribution in [0.4, 0.5) is 0 Å². The highest BCUT2D eigenvalue weighted by Crippen LogP contribution is 2.49. The average molecular weight is 367 g/mol. The lowest BCUT2D eigenvalue weighted by atomic mass is 9.61. The van der Waals surface area contributed by atoms with E-state index in [9.17, 15) is 9.59 Å². The van der Waals surface area contributed by atoms with Crippen LogP contribution in [0, 0.1) is 34.0 Å². The summed E-state index contributed by atoms with van der Waals surface area (Å²) >= 11 is 0. The summed E-state index contributed by atoms with van der Waals surface area (Å²) in [6.07, 6.45) is 5.34. The molecule has 2 aliphatic rings. The third-order valence-corrected chi connectivity index (χ3v) is 6.59. The Morgan fingerprint density at radius 1 is 0.885 bits per heavy atom. The Morgan fingerprint density at radius 2 is 1.50 bits per heavy atom. The summed E-state index contributed by atoms with van der Waals surface area (Å²) in [6.45, 7) is 14.9. The molecular formula is C22H38O4. The lowest BCUT2D eigenvalue weighted by molar-refractivity contribution is -0.169. The normalized spacial score (nSPS) is 27.9. The van der Waals surface area contributed by atoms with Crippen LogP contribution < -0.4 is 0 Å². The van der Waals surface area contributed by atoms with Crippen LogP contribution in [-0.2, 0) is 19.1 Å². The molecule has 0 aliphatic heterocycles. The molecular weight excluding hydrogens is 328 g/mol. The first-order valence-corrected chi connectivity index (χ1v) is 10.2. The molecule has 0 aromatic carbocycles. The van der Waals surface area contributed by atoms with Crippen molar-refractivity contribution < 1.29 is 19.1 Å². The molecule has 4 unspecified atom stereocenters.